The summed E-state index contributed by atoms with van der Waals surface area (Å²) < 4.78 is 9.78. The van der Waals surface area contributed by atoms with Gasteiger partial charge >= 0.3 is 6.16 Å². The molecule has 166 valence electrons. The number of amides is 1. The van der Waals surface area contributed by atoms with Crippen molar-refractivity contribution in [2.24, 2.45) is 5.92 Å². The normalized spacial score (nSPS) is 14.4. The number of benzene rings is 1. The van der Waals surface area contributed by atoms with Crippen LogP contribution in [0.2, 0.25) is 10.0 Å². The van der Waals surface area contributed by atoms with Gasteiger partial charge in [0, 0.05) is 31.3 Å². The number of pyridine rings is 1. The molecule has 1 aliphatic rings. The fraction of sp³-hybridized carbons (Fsp3) is 0.409. The lowest BCUT2D eigenvalue weighted by molar-refractivity contribution is 0.0690. The van der Waals surface area contributed by atoms with Crippen LogP contribution in [0.15, 0.2) is 36.4 Å². The largest absolute Gasteiger partial charge is 0.515 e. The molecule has 0 aliphatic carbocycles. The summed E-state index contributed by atoms with van der Waals surface area (Å²) in [7, 11) is 0. The number of carbonyl (C=O) groups is 2. The minimum absolute atomic E-state index is 0.0207. The summed E-state index contributed by atoms with van der Waals surface area (Å²) in [6.45, 7) is 4.74. The third kappa shape index (κ3) is 6.82. The van der Waals surface area contributed by atoms with E-state index in [1.165, 1.54) is 0 Å². The van der Waals surface area contributed by atoms with Crippen molar-refractivity contribution in [3.63, 3.8) is 0 Å². The molecule has 3 rings (SSSR count). The number of piperidine rings is 1. The summed E-state index contributed by atoms with van der Waals surface area (Å²) in [6, 6.07) is 10.2. The highest BCUT2D eigenvalue weighted by molar-refractivity contribution is 6.42. The molecule has 0 atom stereocenters. The SMILES string of the molecule is CCOC(=O)Oc1cccc(CNCC2CCN(C(=O)c3ccc(Cl)c(Cl)c3)CC2)n1. The molecule has 9 heteroatoms. The summed E-state index contributed by atoms with van der Waals surface area (Å²) in [5.41, 5.74) is 1.33. The van der Waals surface area contributed by atoms with E-state index >= 15 is 0 Å². The van der Waals surface area contributed by atoms with Crippen LogP contribution in [0, 0.1) is 5.92 Å². The van der Waals surface area contributed by atoms with Gasteiger partial charge in [0.25, 0.3) is 5.91 Å². The molecule has 1 aromatic heterocycles. The minimum atomic E-state index is -0.762. The molecular formula is C22H25Cl2N3O4. The second-order valence-electron chi connectivity index (χ2n) is 7.25. The predicted molar refractivity (Wildman–Crippen MR) is 119 cm³/mol. The monoisotopic (exact) mass is 465 g/mol. The number of hydrogen-bond acceptors (Lipinski definition) is 6. The Balaban J connectivity index is 1.42. The second-order valence-corrected chi connectivity index (χ2v) is 8.06. The summed E-state index contributed by atoms with van der Waals surface area (Å²) in [4.78, 5) is 30.2. The van der Waals surface area contributed by atoms with Crippen LogP contribution in [-0.4, -0.2) is 48.2 Å². The Hall–Kier alpha value is -2.35. The smallest absolute Gasteiger partial charge is 0.434 e. The van der Waals surface area contributed by atoms with E-state index in [1.807, 2.05) is 11.0 Å². The topological polar surface area (TPSA) is 80.8 Å². The van der Waals surface area contributed by atoms with Crippen molar-refractivity contribution in [3.05, 3.63) is 57.7 Å². The van der Waals surface area contributed by atoms with Crippen LogP contribution < -0.4 is 10.1 Å². The van der Waals surface area contributed by atoms with Crippen LogP contribution >= 0.6 is 23.2 Å². The first-order valence-electron chi connectivity index (χ1n) is 10.2. The standard InChI is InChI=1S/C22H25Cl2N3O4/c1-2-30-22(29)31-20-5-3-4-17(26-20)14-25-13-15-8-10-27(11-9-15)21(28)16-6-7-18(23)19(24)12-16/h3-7,12,15,25H,2,8-11,13-14H2,1H3. The van der Waals surface area contributed by atoms with Gasteiger partial charge in [-0.1, -0.05) is 29.3 Å². The molecule has 1 saturated heterocycles. The highest BCUT2D eigenvalue weighted by atomic mass is 35.5. The first-order valence-corrected chi connectivity index (χ1v) is 11.0. The molecule has 1 fully saturated rings. The molecular weight excluding hydrogens is 441 g/mol. The molecule has 0 radical (unpaired) electrons. The average Bonchev–Trinajstić information content (AvgIpc) is 2.76. The van der Waals surface area contributed by atoms with Crippen LogP contribution in [0.1, 0.15) is 35.8 Å². The Morgan fingerprint density at radius 2 is 1.94 bits per heavy atom. The van der Waals surface area contributed by atoms with E-state index in [-0.39, 0.29) is 18.4 Å². The van der Waals surface area contributed by atoms with E-state index in [4.69, 9.17) is 32.7 Å². The van der Waals surface area contributed by atoms with Gasteiger partial charge in [-0.2, -0.15) is 0 Å². The van der Waals surface area contributed by atoms with Crippen molar-refractivity contribution >= 4 is 35.3 Å². The number of halogens is 2. The highest BCUT2D eigenvalue weighted by Gasteiger charge is 2.24. The van der Waals surface area contributed by atoms with Gasteiger partial charge in [0.15, 0.2) is 0 Å². The number of aromatic nitrogens is 1. The van der Waals surface area contributed by atoms with E-state index in [0.717, 1.165) is 25.1 Å². The summed E-state index contributed by atoms with van der Waals surface area (Å²) >= 11 is 12.0. The Morgan fingerprint density at radius 3 is 2.65 bits per heavy atom. The van der Waals surface area contributed by atoms with E-state index < -0.39 is 6.16 Å². The van der Waals surface area contributed by atoms with Gasteiger partial charge in [0.1, 0.15) is 0 Å². The summed E-state index contributed by atoms with van der Waals surface area (Å²) in [6.07, 6.45) is 1.07. The fourth-order valence-corrected chi connectivity index (χ4v) is 3.70. The van der Waals surface area contributed by atoms with Crippen molar-refractivity contribution in [1.29, 1.82) is 0 Å². The predicted octanol–water partition coefficient (Wildman–Crippen LogP) is 4.57. The van der Waals surface area contributed by atoms with Crippen molar-refractivity contribution in [2.75, 3.05) is 26.2 Å². The molecule has 0 bridgehead atoms. The van der Waals surface area contributed by atoms with Crippen LogP contribution in [0.3, 0.4) is 0 Å². The zero-order chi connectivity index (χ0) is 22.2. The van der Waals surface area contributed by atoms with E-state index in [1.54, 1.807) is 37.3 Å². The highest BCUT2D eigenvalue weighted by Crippen LogP contribution is 2.25. The molecule has 0 saturated carbocycles. The maximum atomic E-state index is 12.7. The van der Waals surface area contributed by atoms with Gasteiger partial charge in [-0.05, 0) is 56.5 Å². The van der Waals surface area contributed by atoms with Gasteiger partial charge in [-0.15, -0.1) is 0 Å². The van der Waals surface area contributed by atoms with Crippen LogP contribution in [0.4, 0.5) is 4.79 Å². The van der Waals surface area contributed by atoms with Crippen LogP contribution in [-0.2, 0) is 11.3 Å². The van der Waals surface area contributed by atoms with Gasteiger partial charge in [0.05, 0.1) is 22.3 Å². The maximum absolute atomic E-state index is 12.7. The molecule has 0 spiro atoms. The average molecular weight is 466 g/mol. The summed E-state index contributed by atoms with van der Waals surface area (Å²) in [5.74, 6) is 0.663. The van der Waals surface area contributed by atoms with Gasteiger partial charge in [-0.25, -0.2) is 9.78 Å². The fourth-order valence-electron chi connectivity index (χ4n) is 3.40. The molecule has 1 aliphatic heterocycles. The lowest BCUT2D eigenvalue weighted by Crippen LogP contribution is -2.40. The zero-order valence-corrected chi connectivity index (χ0v) is 18.8. The molecule has 0 unspecified atom stereocenters. The lowest BCUT2D eigenvalue weighted by Gasteiger charge is -2.32. The van der Waals surface area contributed by atoms with Crippen molar-refractivity contribution in [1.82, 2.24) is 15.2 Å². The molecule has 2 aromatic rings. The maximum Gasteiger partial charge on any atom is 0.515 e. The minimum Gasteiger partial charge on any atom is -0.434 e. The number of likely N-dealkylation sites (tertiary alicyclic amines) is 1. The van der Waals surface area contributed by atoms with Crippen molar-refractivity contribution < 1.29 is 19.1 Å². The van der Waals surface area contributed by atoms with Crippen molar-refractivity contribution in [2.45, 2.75) is 26.3 Å². The van der Waals surface area contributed by atoms with E-state index in [9.17, 15) is 9.59 Å². The number of hydrogen-bond donors (Lipinski definition) is 1. The molecule has 1 amide bonds. The molecule has 7 nitrogen and oxygen atoms in total. The number of rotatable bonds is 7. The summed E-state index contributed by atoms with van der Waals surface area (Å²) in [5, 5.41) is 4.22. The molecule has 2 heterocycles. The van der Waals surface area contributed by atoms with Gasteiger partial charge in [-0.3, -0.25) is 4.79 Å². The van der Waals surface area contributed by atoms with E-state index in [0.29, 0.717) is 41.2 Å². The Labute approximate surface area is 191 Å². The quantitative estimate of drug-likeness (QED) is 0.603. The third-order valence-corrected chi connectivity index (χ3v) is 5.78. The number of nitrogens with one attached hydrogen (secondary N) is 1. The molecule has 1 aromatic carbocycles. The second kappa shape index (κ2) is 11.3. The number of nitrogens with zero attached hydrogens (tertiary/aromatic N) is 2. The number of ether oxygens (including phenoxy) is 2. The third-order valence-electron chi connectivity index (χ3n) is 5.04. The Bertz CT molecular complexity index is 917. The van der Waals surface area contributed by atoms with Gasteiger partial charge < -0.3 is 19.7 Å². The lowest BCUT2D eigenvalue weighted by atomic mass is 9.96. The van der Waals surface area contributed by atoms with Crippen molar-refractivity contribution in [3.8, 4) is 5.88 Å². The zero-order valence-electron chi connectivity index (χ0n) is 17.3. The first-order chi connectivity index (χ1) is 15.0. The first kappa shape index (κ1) is 23.3. The molecule has 31 heavy (non-hydrogen) atoms. The van der Waals surface area contributed by atoms with Crippen LogP contribution in [0.25, 0.3) is 0 Å². The van der Waals surface area contributed by atoms with Gasteiger partial charge in [0.2, 0.25) is 5.88 Å². The molecule has 1 N–H and O–H groups in total. The van der Waals surface area contributed by atoms with Crippen LogP contribution in [0.5, 0.6) is 5.88 Å². The van der Waals surface area contributed by atoms with E-state index in [2.05, 4.69) is 10.3 Å². The Morgan fingerprint density at radius 1 is 1.16 bits per heavy atom. The number of carbonyl (C=O) groups excluding carboxylic acids is 2. The Kier molecular flexibility index (Phi) is 8.51.